The van der Waals surface area contributed by atoms with E-state index in [4.69, 9.17) is 4.74 Å². The Morgan fingerprint density at radius 3 is 2.63 bits per heavy atom. The first kappa shape index (κ1) is 14.5. The average molecular weight is 262 g/mol. The van der Waals surface area contributed by atoms with Gasteiger partial charge in [-0.1, -0.05) is 30.3 Å². The van der Waals surface area contributed by atoms with Gasteiger partial charge in [-0.25, -0.2) is 0 Å². The molecule has 1 atom stereocenters. The molecule has 1 fully saturated rings. The first-order chi connectivity index (χ1) is 9.40. The van der Waals surface area contributed by atoms with Gasteiger partial charge in [-0.2, -0.15) is 0 Å². The zero-order valence-electron chi connectivity index (χ0n) is 12.0. The molecular weight excluding hydrogens is 236 g/mol. The number of nitrogens with zero attached hydrogens (tertiary/aromatic N) is 1. The molecule has 0 radical (unpaired) electrons. The fraction of sp³-hybridized carbons (Fsp3) is 0.625. The molecule has 0 amide bonds. The quantitative estimate of drug-likeness (QED) is 0.728. The molecule has 1 aromatic carbocycles. The maximum atomic E-state index is 5.11. The summed E-state index contributed by atoms with van der Waals surface area (Å²) in [5.41, 5.74) is 1.40. The Morgan fingerprint density at radius 2 is 1.95 bits per heavy atom. The largest absolute Gasteiger partial charge is 0.385 e. The minimum absolute atomic E-state index is 0.441. The van der Waals surface area contributed by atoms with Crippen molar-refractivity contribution >= 4 is 0 Å². The molecule has 0 aliphatic carbocycles. The summed E-state index contributed by atoms with van der Waals surface area (Å²) in [6.45, 7) is 5.47. The molecule has 1 saturated heterocycles. The summed E-state index contributed by atoms with van der Waals surface area (Å²) < 4.78 is 5.11. The number of hydrogen-bond donors (Lipinski definition) is 1. The van der Waals surface area contributed by atoms with Crippen LogP contribution < -0.4 is 5.32 Å². The van der Waals surface area contributed by atoms with E-state index in [1.54, 1.807) is 7.11 Å². The van der Waals surface area contributed by atoms with Crippen molar-refractivity contribution in [1.29, 1.82) is 0 Å². The van der Waals surface area contributed by atoms with Gasteiger partial charge < -0.3 is 15.0 Å². The van der Waals surface area contributed by atoms with Gasteiger partial charge in [-0.3, -0.25) is 0 Å². The average Bonchev–Trinajstić information content (AvgIpc) is 2.96. The van der Waals surface area contributed by atoms with E-state index >= 15 is 0 Å². The molecule has 1 heterocycles. The van der Waals surface area contributed by atoms with Crippen molar-refractivity contribution in [3.05, 3.63) is 35.9 Å². The highest BCUT2D eigenvalue weighted by Gasteiger charge is 2.18. The number of hydrogen-bond acceptors (Lipinski definition) is 3. The summed E-state index contributed by atoms with van der Waals surface area (Å²) >= 11 is 0. The van der Waals surface area contributed by atoms with Gasteiger partial charge in [0.2, 0.25) is 0 Å². The predicted molar refractivity (Wildman–Crippen MR) is 79.4 cm³/mol. The second-order valence-electron chi connectivity index (χ2n) is 5.27. The van der Waals surface area contributed by atoms with Crippen LogP contribution in [-0.2, 0) is 4.74 Å². The van der Waals surface area contributed by atoms with E-state index in [0.717, 1.165) is 26.1 Å². The van der Waals surface area contributed by atoms with Crippen LogP contribution in [0.5, 0.6) is 0 Å². The van der Waals surface area contributed by atoms with Crippen molar-refractivity contribution in [1.82, 2.24) is 10.2 Å². The van der Waals surface area contributed by atoms with Crippen molar-refractivity contribution in [3.63, 3.8) is 0 Å². The van der Waals surface area contributed by atoms with Crippen LogP contribution in [0.2, 0.25) is 0 Å². The second kappa shape index (κ2) is 8.31. The third-order valence-electron chi connectivity index (χ3n) is 3.76. The summed E-state index contributed by atoms with van der Waals surface area (Å²) in [6, 6.07) is 11.2. The number of nitrogens with one attached hydrogen (secondary N) is 1. The lowest BCUT2D eigenvalue weighted by Gasteiger charge is -2.25. The number of benzene rings is 1. The van der Waals surface area contributed by atoms with Crippen LogP contribution in [0.1, 0.15) is 30.9 Å². The highest BCUT2D eigenvalue weighted by atomic mass is 16.5. The highest BCUT2D eigenvalue weighted by molar-refractivity contribution is 5.19. The molecule has 3 nitrogen and oxygen atoms in total. The van der Waals surface area contributed by atoms with Crippen molar-refractivity contribution in [2.45, 2.75) is 25.3 Å². The SMILES string of the molecule is COCCCN[C@H](CN1CCCC1)c1ccccc1. The summed E-state index contributed by atoms with van der Waals surface area (Å²) in [6.07, 6.45) is 3.77. The summed E-state index contributed by atoms with van der Waals surface area (Å²) in [5, 5.41) is 3.68. The van der Waals surface area contributed by atoms with E-state index < -0.39 is 0 Å². The Hall–Kier alpha value is -0.900. The predicted octanol–water partition coefficient (Wildman–Crippen LogP) is 2.45. The van der Waals surface area contributed by atoms with Gasteiger partial charge in [0.05, 0.1) is 0 Å². The van der Waals surface area contributed by atoms with Gasteiger partial charge in [0.25, 0.3) is 0 Å². The topological polar surface area (TPSA) is 24.5 Å². The second-order valence-corrected chi connectivity index (χ2v) is 5.27. The highest BCUT2D eigenvalue weighted by Crippen LogP contribution is 2.17. The monoisotopic (exact) mass is 262 g/mol. The summed E-state index contributed by atoms with van der Waals surface area (Å²) in [7, 11) is 1.76. The van der Waals surface area contributed by atoms with E-state index in [-0.39, 0.29) is 0 Å². The van der Waals surface area contributed by atoms with Crippen molar-refractivity contribution in [2.75, 3.05) is 39.9 Å². The van der Waals surface area contributed by atoms with E-state index in [0.29, 0.717) is 6.04 Å². The van der Waals surface area contributed by atoms with Gasteiger partial charge >= 0.3 is 0 Å². The molecule has 1 N–H and O–H groups in total. The summed E-state index contributed by atoms with van der Waals surface area (Å²) in [4.78, 5) is 2.57. The number of likely N-dealkylation sites (tertiary alicyclic amines) is 1. The Kier molecular flexibility index (Phi) is 6.34. The first-order valence-electron chi connectivity index (χ1n) is 7.40. The Balaban J connectivity index is 1.88. The van der Waals surface area contributed by atoms with Crippen LogP contribution in [0.15, 0.2) is 30.3 Å². The fourth-order valence-electron chi connectivity index (χ4n) is 2.69. The standard InChI is InChI=1S/C16H26N2O/c1-19-13-7-10-17-16(14-18-11-5-6-12-18)15-8-3-2-4-9-15/h2-4,8-9,16-17H,5-7,10-14H2,1H3/t16-/m1/s1. The molecule has 0 spiro atoms. The van der Waals surface area contributed by atoms with E-state index in [9.17, 15) is 0 Å². The molecule has 0 unspecified atom stereocenters. The fourth-order valence-corrected chi connectivity index (χ4v) is 2.69. The van der Waals surface area contributed by atoms with Gasteiger partial charge in [0.15, 0.2) is 0 Å². The van der Waals surface area contributed by atoms with Crippen LogP contribution in [0, 0.1) is 0 Å². The van der Waals surface area contributed by atoms with Gasteiger partial charge in [0.1, 0.15) is 0 Å². The molecule has 0 bridgehead atoms. The molecule has 0 saturated carbocycles. The first-order valence-corrected chi connectivity index (χ1v) is 7.40. The van der Waals surface area contributed by atoms with E-state index in [1.807, 2.05) is 0 Å². The van der Waals surface area contributed by atoms with E-state index in [1.165, 1.54) is 31.5 Å². The van der Waals surface area contributed by atoms with Crippen LogP contribution in [0.4, 0.5) is 0 Å². The normalized spacial score (nSPS) is 17.7. The van der Waals surface area contributed by atoms with Crippen LogP contribution in [-0.4, -0.2) is 44.8 Å². The Morgan fingerprint density at radius 1 is 1.21 bits per heavy atom. The molecule has 1 aliphatic heterocycles. The molecule has 1 aromatic rings. The van der Waals surface area contributed by atoms with Crippen molar-refractivity contribution < 1.29 is 4.74 Å². The summed E-state index contributed by atoms with van der Waals surface area (Å²) in [5.74, 6) is 0. The maximum absolute atomic E-state index is 5.11. The molecule has 19 heavy (non-hydrogen) atoms. The third kappa shape index (κ3) is 4.94. The molecule has 2 rings (SSSR count). The van der Waals surface area contributed by atoms with Crippen molar-refractivity contribution in [2.24, 2.45) is 0 Å². The molecule has 106 valence electrons. The lowest BCUT2D eigenvalue weighted by atomic mass is 10.1. The van der Waals surface area contributed by atoms with Crippen LogP contribution >= 0.6 is 0 Å². The zero-order chi connectivity index (χ0) is 13.3. The lowest BCUT2D eigenvalue weighted by molar-refractivity contribution is 0.191. The van der Waals surface area contributed by atoms with Crippen LogP contribution in [0.3, 0.4) is 0 Å². The maximum Gasteiger partial charge on any atom is 0.0474 e. The zero-order valence-corrected chi connectivity index (χ0v) is 12.0. The number of rotatable bonds is 8. The molecule has 0 aromatic heterocycles. The van der Waals surface area contributed by atoms with Gasteiger partial charge in [-0.15, -0.1) is 0 Å². The Labute approximate surface area is 116 Å². The van der Waals surface area contributed by atoms with Gasteiger partial charge in [-0.05, 0) is 44.5 Å². The van der Waals surface area contributed by atoms with Crippen molar-refractivity contribution in [3.8, 4) is 0 Å². The smallest absolute Gasteiger partial charge is 0.0474 e. The third-order valence-corrected chi connectivity index (χ3v) is 3.76. The molecule has 3 heteroatoms. The number of methoxy groups -OCH3 is 1. The molecule has 1 aliphatic rings. The van der Waals surface area contributed by atoms with Crippen LogP contribution in [0.25, 0.3) is 0 Å². The Bertz CT molecular complexity index is 336. The minimum atomic E-state index is 0.441. The van der Waals surface area contributed by atoms with Gasteiger partial charge in [0, 0.05) is 26.3 Å². The molecular formula is C16H26N2O. The number of ether oxygens (including phenoxy) is 1. The minimum Gasteiger partial charge on any atom is -0.385 e. The van der Waals surface area contributed by atoms with E-state index in [2.05, 4.69) is 40.5 Å². The lowest BCUT2D eigenvalue weighted by Crippen LogP contribution is -2.34.